The van der Waals surface area contributed by atoms with Crippen LogP contribution in [-0.4, -0.2) is 4.57 Å². The second-order valence-electron chi connectivity index (χ2n) is 16.5. The Morgan fingerprint density at radius 2 is 0.719 bits per heavy atom. The molecule has 1 aliphatic heterocycles. The lowest BCUT2D eigenvalue weighted by atomic mass is 9.63. The lowest BCUT2D eigenvalue weighted by Crippen LogP contribution is -2.35. The average Bonchev–Trinajstić information content (AvgIpc) is 3.72. The van der Waals surface area contributed by atoms with E-state index >= 15 is 0 Å². The minimum absolute atomic E-state index is 0.604. The first-order chi connectivity index (χ1) is 31.8. The van der Waals surface area contributed by atoms with Crippen molar-refractivity contribution < 1.29 is 0 Å². The average molecular weight is 818 g/mol. The highest BCUT2D eigenvalue weighted by atomic mass is 15.1. The second-order valence-corrected chi connectivity index (χ2v) is 16.5. The maximum Gasteiger partial charge on any atom is 0.0743 e. The van der Waals surface area contributed by atoms with Gasteiger partial charge in [-0.2, -0.15) is 0 Å². The van der Waals surface area contributed by atoms with E-state index in [0.717, 1.165) is 45.3 Å². The Bertz CT molecular complexity index is 3380. The van der Waals surface area contributed by atoms with Gasteiger partial charge in [0.2, 0.25) is 0 Å². The van der Waals surface area contributed by atoms with E-state index in [1.165, 1.54) is 49.7 Å². The largest absolute Gasteiger partial charge is 0.311 e. The van der Waals surface area contributed by atoms with E-state index in [0.29, 0.717) is 0 Å². The summed E-state index contributed by atoms with van der Waals surface area (Å²) in [6, 6.07) is 94.8. The van der Waals surface area contributed by atoms with E-state index in [4.69, 9.17) is 0 Å². The minimum atomic E-state index is -0.604. The van der Waals surface area contributed by atoms with Crippen molar-refractivity contribution in [3.05, 3.63) is 283 Å². The Balaban J connectivity index is 0.984. The zero-order valence-electron chi connectivity index (χ0n) is 35.2. The van der Waals surface area contributed by atoms with Gasteiger partial charge in [0.1, 0.15) is 0 Å². The van der Waals surface area contributed by atoms with Gasteiger partial charge in [0.15, 0.2) is 0 Å². The monoisotopic (exact) mass is 817 g/mol. The Labute approximate surface area is 374 Å². The summed E-state index contributed by atoms with van der Waals surface area (Å²) in [6.07, 6.45) is 0. The molecule has 1 aliphatic rings. The van der Waals surface area contributed by atoms with Crippen LogP contribution in [0.3, 0.4) is 0 Å². The predicted octanol–water partition coefficient (Wildman–Crippen LogP) is 16.1. The Morgan fingerprint density at radius 1 is 0.297 bits per heavy atom. The first-order valence-corrected chi connectivity index (χ1v) is 22.0. The van der Waals surface area contributed by atoms with Gasteiger partial charge in [-0.1, -0.05) is 176 Å². The molecule has 3 nitrogen and oxygen atoms in total. The van der Waals surface area contributed by atoms with E-state index in [1.807, 2.05) is 0 Å². The predicted molar refractivity (Wildman–Crippen MR) is 267 cm³/mol. The molecule has 1 atom stereocenters. The maximum absolute atomic E-state index is 2.49. The molecule has 0 bridgehead atoms. The van der Waals surface area contributed by atoms with Crippen LogP contribution in [0.15, 0.2) is 261 Å². The molecule has 0 N–H and O–H groups in total. The quantitative estimate of drug-likeness (QED) is 0.144. The van der Waals surface area contributed by atoms with Crippen molar-refractivity contribution in [3.63, 3.8) is 0 Å². The van der Waals surface area contributed by atoms with Gasteiger partial charge in [-0.15, -0.1) is 0 Å². The van der Waals surface area contributed by atoms with Gasteiger partial charge in [-0.3, -0.25) is 0 Å². The standard InChI is InChI=1S/C61H43N3/c1-5-19-46(20-6-1)61(56-31-14-16-34-59(56)64-58-33-15-13-29-54(58)55-30-18-32-57(61)60(55)64)47-21-17-28-53(43-47)63(50-26-11-4-12-27-50)52-41-37-45(38-42-52)44-35-39-51(40-36-44)62(48-22-7-2-8-23-48)49-24-9-3-10-25-49/h1-43H. The highest BCUT2D eigenvalue weighted by Crippen LogP contribution is 2.55. The Kier molecular flexibility index (Phi) is 9.05. The van der Waals surface area contributed by atoms with Crippen molar-refractivity contribution in [3.8, 4) is 16.8 Å². The maximum atomic E-state index is 2.49. The number of para-hydroxylation sites is 6. The molecule has 11 aromatic rings. The molecule has 3 heteroatoms. The Hall–Kier alpha value is -8.40. The summed E-state index contributed by atoms with van der Waals surface area (Å²) < 4.78 is 2.49. The number of hydrogen-bond acceptors (Lipinski definition) is 2. The van der Waals surface area contributed by atoms with Crippen LogP contribution >= 0.6 is 0 Å². The van der Waals surface area contributed by atoms with Crippen LogP contribution in [0.5, 0.6) is 0 Å². The first-order valence-electron chi connectivity index (χ1n) is 22.0. The van der Waals surface area contributed by atoms with Gasteiger partial charge in [0.05, 0.1) is 22.1 Å². The van der Waals surface area contributed by atoms with Crippen LogP contribution in [0.4, 0.5) is 34.1 Å². The molecule has 0 saturated carbocycles. The lowest BCUT2D eigenvalue weighted by Gasteiger charge is -2.42. The van der Waals surface area contributed by atoms with Crippen LogP contribution < -0.4 is 9.80 Å². The van der Waals surface area contributed by atoms with Crippen molar-refractivity contribution >= 4 is 55.9 Å². The number of aromatic nitrogens is 1. The number of rotatable bonds is 9. The first kappa shape index (κ1) is 37.4. The number of nitrogens with zero attached hydrogens (tertiary/aromatic N) is 3. The van der Waals surface area contributed by atoms with Crippen LogP contribution in [0.25, 0.3) is 38.6 Å². The lowest BCUT2D eigenvalue weighted by molar-refractivity contribution is 0.728. The van der Waals surface area contributed by atoms with Crippen LogP contribution in [0.2, 0.25) is 0 Å². The van der Waals surface area contributed by atoms with Crippen LogP contribution in [0, 0.1) is 0 Å². The molecular formula is C61H43N3. The topological polar surface area (TPSA) is 11.4 Å². The Morgan fingerprint density at radius 3 is 1.33 bits per heavy atom. The van der Waals surface area contributed by atoms with Gasteiger partial charge >= 0.3 is 0 Å². The van der Waals surface area contributed by atoms with Crippen molar-refractivity contribution in [2.24, 2.45) is 0 Å². The molecular weight excluding hydrogens is 775 g/mol. The summed E-state index contributed by atoms with van der Waals surface area (Å²) in [5, 5.41) is 2.53. The van der Waals surface area contributed by atoms with Gasteiger partial charge in [0, 0.05) is 44.9 Å². The second kappa shape index (κ2) is 15.5. The van der Waals surface area contributed by atoms with Crippen molar-refractivity contribution in [2.45, 2.75) is 5.41 Å². The molecule has 12 rings (SSSR count). The smallest absolute Gasteiger partial charge is 0.0743 e. The molecule has 0 saturated heterocycles. The fraction of sp³-hybridized carbons (Fsp3) is 0.0164. The number of hydrogen-bond donors (Lipinski definition) is 0. The van der Waals surface area contributed by atoms with Crippen molar-refractivity contribution in [2.75, 3.05) is 9.80 Å². The summed E-state index contributed by atoms with van der Waals surface area (Å²) in [4.78, 5) is 4.69. The molecule has 10 aromatic carbocycles. The fourth-order valence-electron chi connectivity index (χ4n) is 10.3. The zero-order valence-corrected chi connectivity index (χ0v) is 35.2. The molecule has 0 fully saturated rings. The highest BCUT2D eigenvalue weighted by Gasteiger charge is 2.45. The number of fused-ring (bicyclic) bond motifs is 5. The third-order valence-corrected chi connectivity index (χ3v) is 13.0. The SMILES string of the molecule is c1ccc(N(c2ccccc2)c2ccc(-c3ccc(N(c4ccccc4)c4cccc(C5(c6ccccc6)c6ccccc6-n6c7ccccc7c7cccc5c76)c4)cc3)cc2)cc1. The molecule has 0 radical (unpaired) electrons. The molecule has 1 aromatic heterocycles. The molecule has 64 heavy (non-hydrogen) atoms. The van der Waals surface area contributed by atoms with Gasteiger partial charge < -0.3 is 14.4 Å². The van der Waals surface area contributed by atoms with E-state index in [9.17, 15) is 0 Å². The van der Waals surface area contributed by atoms with Crippen molar-refractivity contribution in [1.82, 2.24) is 4.57 Å². The summed E-state index contributed by atoms with van der Waals surface area (Å²) in [7, 11) is 0. The van der Waals surface area contributed by atoms with Crippen LogP contribution in [-0.2, 0) is 5.41 Å². The van der Waals surface area contributed by atoms with Gasteiger partial charge in [-0.05, 0) is 118 Å². The number of benzene rings is 10. The van der Waals surface area contributed by atoms with E-state index in [-0.39, 0.29) is 0 Å². The highest BCUT2D eigenvalue weighted by molar-refractivity contribution is 6.12. The summed E-state index contributed by atoms with van der Waals surface area (Å²) in [5.74, 6) is 0. The fourth-order valence-corrected chi connectivity index (χ4v) is 10.3. The zero-order chi connectivity index (χ0) is 42.5. The van der Waals surface area contributed by atoms with Crippen molar-refractivity contribution in [1.29, 1.82) is 0 Å². The van der Waals surface area contributed by atoms with Gasteiger partial charge in [0.25, 0.3) is 0 Å². The van der Waals surface area contributed by atoms with Crippen LogP contribution in [0.1, 0.15) is 22.3 Å². The summed E-state index contributed by atoms with van der Waals surface area (Å²) >= 11 is 0. The third kappa shape index (κ3) is 5.97. The number of anilines is 6. The molecule has 302 valence electrons. The van der Waals surface area contributed by atoms with E-state index in [1.54, 1.807) is 0 Å². The normalized spacial score (nSPS) is 14.0. The van der Waals surface area contributed by atoms with Gasteiger partial charge in [-0.25, -0.2) is 0 Å². The molecule has 2 heterocycles. The van der Waals surface area contributed by atoms with E-state index in [2.05, 4.69) is 275 Å². The molecule has 1 unspecified atom stereocenters. The minimum Gasteiger partial charge on any atom is -0.311 e. The van der Waals surface area contributed by atoms with E-state index < -0.39 is 5.41 Å². The summed E-state index contributed by atoms with van der Waals surface area (Å²) in [5.41, 5.74) is 17.0. The molecule has 0 spiro atoms. The third-order valence-electron chi connectivity index (χ3n) is 13.0. The molecule has 0 aliphatic carbocycles. The summed E-state index contributed by atoms with van der Waals surface area (Å²) in [6.45, 7) is 0. The molecule has 0 amide bonds.